The molecule has 0 rings (SSSR count). The predicted octanol–water partition coefficient (Wildman–Crippen LogP) is -2.80. The number of aliphatic hydroxyl groups excluding tert-OH is 1. The Kier molecular flexibility index (Phi) is 14.7. The van der Waals surface area contributed by atoms with Crippen LogP contribution in [-0.4, -0.2) is 87.8 Å². The van der Waals surface area contributed by atoms with Crippen molar-refractivity contribution < 1.29 is 39.3 Å². The van der Waals surface area contributed by atoms with Gasteiger partial charge in [-0.3, -0.25) is 24.2 Å². The molecule has 3 amide bonds. The maximum atomic E-state index is 12.8. The molecule has 0 saturated carbocycles. The number of amides is 3. The number of rotatable bonds is 17. The van der Waals surface area contributed by atoms with Crippen LogP contribution >= 0.6 is 0 Å². The zero-order valence-electron chi connectivity index (χ0n) is 20.8. The molecule has 12 N–H and O–H groups in total. The molecule has 0 aliphatic carbocycles. The van der Waals surface area contributed by atoms with Crippen LogP contribution < -0.4 is 33.2 Å². The van der Waals surface area contributed by atoms with Crippen LogP contribution in [0.25, 0.3) is 0 Å². The fourth-order valence-electron chi connectivity index (χ4n) is 3.11. The smallest absolute Gasteiger partial charge is 0.326 e. The number of carbonyl (C=O) groups is 5. The summed E-state index contributed by atoms with van der Waals surface area (Å²) >= 11 is 0. The zero-order valence-corrected chi connectivity index (χ0v) is 20.8. The monoisotopic (exact) mass is 517 g/mol. The maximum absolute atomic E-state index is 12.8. The number of nitrogens with zero attached hydrogens (tertiary/aromatic N) is 1. The van der Waals surface area contributed by atoms with Crippen molar-refractivity contribution in [2.24, 2.45) is 28.1 Å². The number of guanidine groups is 1. The first-order valence-electron chi connectivity index (χ1n) is 11.5. The minimum Gasteiger partial charge on any atom is -0.481 e. The van der Waals surface area contributed by atoms with Crippen LogP contribution in [0, 0.1) is 5.92 Å². The van der Waals surface area contributed by atoms with E-state index in [9.17, 15) is 34.2 Å². The van der Waals surface area contributed by atoms with E-state index in [-0.39, 0.29) is 37.7 Å². The highest BCUT2D eigenvalue weighted by Crippen LogP contribution is 2.06. The highest BCUT2D eigenvalue weighted by molar-refractivity contribution is 5.94. The van der Waals surface area contributed by atoms with Crippen LogP contribution in [0.15, 0.2) is 4.99 Å². The molecule has 5 unspecified atom stereocenters. The number of carbonyl (C=O) groups excluding carboxylic acids is 3. The number of hydrogen-bond acceptors (Lipinski definition) is 8. The van der Waals surface area contributed by atoms with Gasteiger partial charge in [0.05, 0.1) is 12.1 Å². The lowest BCUT2D eigenvalue weighted by Gasteiger charge is -2.26. The molecule has 0 fully saturated rings. The highest BCUT2D eigenvalue weighted by Gasteiger charge is 2.32. The first kappa shape index (κ1) is 32.5. The molecule has 0 radical (unpaired) electrons. The van der Waals surface area contributed by atoms with Gasteiger partial charge in [0, 0.05) is 13.0 Å². The summed E-state index contributed by atoms with van der Waals surface area (Å²) in [6.07, 6.45) is -1.79. The van der Waals surface area contributed by atoms with Crippen LogP contribution in [0.2, 0.25) is 0 Å². The second-order valence-corrected chi connectivity index (χ2v) is 8.80. The Morgan fingerprint density at radius 2 is 1.44 bits per heavy atom. The molecule has 0 aromatic heterocycles. The van der Waals surface area contributed by atoms with Crippen LogP contribution in [0.5, 0.6) is 0 Å². The molecule has 5 atom stereocenters. The fraction of sp³-hybridized carbons (Fsp3) is 0.714. The van der Waals surface area contributed by atoms with E-state index in [1.54, 1.807) is 0 Å². The molecular formula is C21H39N7O8. The molecule has 0 aromatic carbocycles. The Labute approximate surface area is 209 Å². The number of nitrogens with one attached hydrogen (secondary N) is 3. The van der Waals surface area contributed by atoms with Crippen molar-refractivity contribution in [1.82, 2.24) is 16.0 Å². The first-order chi connectivity index (χ1) is 16.6. The van der Waals surface area contributed by atoms with Gasteiger partial charge in [-0.1, -0.05) is 13.8 Å². The quantitative estimate of drug-likeness (QED) is 0.0539. The Bertz CT molecular complexity index is 799. The van der Waals surface area contributed by atoms with Gasteiger partial charge in [0.15, 0.2) is 5.96 Å². The number of nitrogens with two attached hydrogens (primary N) is 3. The van der Waals surface area contributed by atoms with Gasteiger partial charge in [0.2, 0.25) is 17.7 Å². The summed E-state index contributed by atoms with van der Waals surface area (Å²) in [4.78, 5) is 64.3. The third-order valence-electron chi connectivity index (χ3n) is 4.96. The van der Waals surface area contributed by atoms with Gasteiger partial charge < -0.3 is 48.5 Å². The number of carboxylic acid groups (broad SMARTS) is 2. The molecule has 15 heteroatoms. The minimum absolute atomic E-state index is 0.0441. The van der Waals surface area contributed by atoms with Crippen molar-refractivity contribution in [3.63, 3.8) is 0 Å². The van der Waals surface area contributed by atoms with Gasteiger partial charge in [-0.15, -0.1) is 0 Å². The van der Waals surface area contributed by atoms with Crippen LogP contribution in [0.4, 0.5) is 0 Å². The normalized spacial score (nSPS) is 15.1. The van der Waals surface area contributed by atoms with E-state index in [0.29, 0.717) is 6.42 Å². The second kappa shape index (κ2) is 16.3. The number of aliphatic carboxylic acids is 2. The maximum Gasteiger partial charge on any atom is 0.326 e. The Morgan fingerprint density at radius 1 is 0.861 bits per heavy atom. The zero-order chi connectivity index (χ0) is 28.0. The number of hydrogen-bond donors (Lipinski definition) is 9. The Hall–Kier alpha value is -3.46. The molecule has 0 spiro atoms. The molecule has 0 aliphatic rings. The van der Waals surface area contributed by atoms with Crippen molar-refractivity contribution in [1.29, 1.82) is 0 Å². The molecule has 0 heterocycles. The Balaban J connectivity index is 5.47. The van der Waals surface area contributed by atoms with E-state index in [1.165, 1.54) is 6.92 Å². The second-order valence-electron chi connectivity index (χ2n) is 8.80. The SMILES string of the molecule is CC(C)CC(N)C(=O)NC(C(=O)NC(CCC(=O)O)C(=O)NC(CCCN=C(N)N)C(=O)O)C(C)O. The van der Waals surface area contributed by atoms with E-state index >= 15 is 0 Å². The molecular weight excluding hydrogens is 478 g/mol. The van der Waals surface area contributed by atoms with Crippen molar-refractivity contribution in [3.05, 3.63) is 0 Å². The third kappa shape index (κ3) is 13.4. The summed E-state index contributed by atoms with van der Waals surface area (Å²) in [5.41, 5.74) is 16.2. The summed E-state index contributed by atoms with van der Waals surface area (Å²) in [5.74, 6) is -5.31. The highest BCUT2D eigenvalue weighted by atomic mass is 16.4. The van der Waals surface area contributed by atoms with Crippen molar-refractivity contribution in [2.75, 3.05) is 6.54 Å². The molecule has 15 nitrogen and oxygen atoms in total. The van der Waals surface area contributed by atoms with E-state index in [4.69, 9.17) is 22.3 Å². The van der Waals surface area contributed by atoms with Gasteiger partial charge in [-0.05, 0) is 38.5 Å². The number of aliphatic hydroxyl groups is 1. The molecule has 36 heavy (non-hydrogen) atoms. The van der Waals surface area contributed by atoms with E-state index in [2.05, 4.69) is 20.9 Å². The van der Waals surface area contributed by atoms with Crippen LogP contribution in [-0.2, 0) is 24.0 Å². The summed E-state index contributed by atoms with van der Waals surface area (Å²) in [6.45, 7) is 5.06. The molecule has 206 valence electrons. The average molecular weight is 518 g/mol. The fourth-order valence-corrected chi connectivity index (χ4v) is 3.11. The number of carboxylic acids is 2. The van der Waals surface area contributed by atoms with E-state index in [1.807, 2.05) is 13.8 Å². The summed E-state index contributed by atoms with van der Waals surface area (Å²) < 4.78 is 0. The van der Waals surface area contributed by atoms with Gasteiger partial charge in [-0.2, -0.15) is 0 Å². The lowest BCUT2D eigenvalue weighted by molar-refractivity contribution is -0.143. The molecule has 0 saturated heterocycles. The van der Waals surface area contributed by atoms with Crippen LogP contribution in [0.1, 0.15) is 52.9 Å². The standard InChI is InChI=1S/C21H39N7O8/c1-10(2)9-12(22)17(32)28-16(11(3)29)19(34)26-13(6-7-15(30)31)18(33)27-14(20(35)36)5-4-8-25-21(23)24/h10-14,16,29H,4-9,22H2,1-3H3,(H,26,34)(H,27,33)(H,28,32)(H,30,31)(H,35,36)(H4,23,24,25). The minimum atomic E-state index is -1.49. The van der Waals surface area contributed by atoms with Crippen molar-refractivity contribution in [2.45, 2.75) is 83.1 Å². The van der Waals surface area contributed by atoms with Gasteiger partial charge in [0.25, 0.3) is 0 Å². The van der Waals surface area contributed by atoms with E-state index < -0.39 is 66.4 Å². The molecule has 0 aromatic rings. The lowest BCUT2D eigenvalue weighted by atomic mass is 10.0. The largest absolute Gasteiger partial charge is 0.481 e. The van der Waals surface area contributed by atoms with Crippen LogP contribution in [0.3, 0.4) is 0 Å². The first-order valence-corrected chi connectivity index (χ1v) is 11.5. The Morgan fingerprint density at radius 3 is 1.92 bits per heavy atom. The van der Waals surface area contributed by atoms with E-state index in [0.717, 1.165) is 0 Å². The average Bonchev–Trinajstić information content (AvgIpc) is 2.75. The van der Waals surface area contributed by atoms with Gasteiger partial charge >= 0.3 is 11.9 Å². The van der Waals surface area contributed by atoms with Crippen molar-refractivity contribution >= 4 is 35.6 Å². The molecule has 0 bridgehead atoms. The summed E-state index contributed by atoms with van der Waals surface area (Å²) in [5, 5.41) is 35.3. The van der Waals surface area contributed by atoms with Gasteiger partial charge in [0.1, 0.15) is 18.1 Å². The topological polar surface area (TPSA) is 273 Å². The van der Waals surface area contributed by atoms with Crippen molar-refractivity contribution in [3.8, 4) is 0 Å². The lowest BCUT2D eigenvalue weighted by Crippen LogP contribution is -2.59. The van der Waals surface area contributed by atoms with Gasteiger partial charge in [-0.25, -0.2) is 4.79 Å². The summed E-state index contributed by atoms with van der Waals surface area (Å²) in [6, 6.07) is -5.26. The summed E-state index contributed by atoms with van der Waals surface area (Å²) in [7, 11) is 0. The molecule has 0 aliphatic heterocycles. The predicted molar refractivity (Wildman–Crippen MR) is 129 cm³/mol. The third-order valence-corrected chi connectivity index (χ3v) is 4.96. The number of aliphatic imine (C=N–C) groups is 1.